The molecule has 1 aromatic carbocycles. The highest BCUT2D eigenvalue weighted by atomic mass is 16.7. The molecular formula is C11H15NO. The van der Waals surface area contributed by atoms with Gasteiger partial charge in [0.25, 0.3) is 0 Å². The molecule has 70 valence electrons. The maximum absolute atomic E-state index is 5.46. The van der Waals surface area contributed by atoms with Crippen molar-refractivity contribution in [3.8, 4) is 0 Å². The van der Waals surface area contributed by atoms with Crippen LogP contribution in [0.3, 0.4) is 0 Å². The summed E-state index contributed by atoms with van der Waals surface area (Å²) in [5.41, 5.74) is 1.39. The summed E-state index contributed by atoms with van der Waals surface area (Å²) in [5, 5.41) is 1.96. The Bertz CT molecular complexity index is 285. The fraction of sp³-hybridized carbons (Fsp3) is 0.455. The molecule has 1 saturated heterocycles. The Labute approximate surface area is 79.1 Å². The van der Waals surface area contributed by atoms with Gasteiger partial charge in [-0.15, -0.1) is 0 Å². The first-order valence-corrected chi connectivity index (χ1v) is 4.66. The highest BCUT2D eigenvalue weighted by molar-refractivity contribution is 5.23. The summed E-state index contributed by atoms with van der Waals surface area (Å²) in [6.45, 7) is 3.04. The second kappa shape index (κ2) is 3.13. The van der Waals surface area contributed by atoms with Gasteiger partial charge in [-0.3, -0.25) is 4.84 Å². The van der Waals surface area contributed by atoms with E-state index in [1.807, 2.05) is 18.2 Å². The largest absolute Gasteiger partial charge is 0.298 e. The number of nitrogens with zero attached hydrogens (tertiary/aromatic N) is 1. The van der Waals surface area contributed by atoms with E-state index in [0.29, 0.717) is 0 Å². The Balaban J connectivity index is 2.34. The molecule has 1 atom stereocenters. The fourth-order valence-corrected chi connectivity index (χ4v) is 1.80. The number of hydrogen-bond donors (Lipinski definition) is 0. The minimum absolute atomic E-state index is 0.0568. The van der Waals surface area contributed by atoms with E-state index in [9.17, 15) is 0 Å². The zero-order valence-corrected chi connectivity index (χ0v) is 8.16. The first-order valence-electron chi connectivity index (χ1n) is 4.66. The molecule has 0 amide bonds. The maximum Gasteiger partial charge on any atom is 0.0707 e. The van der Waals surface area contributed by atoms with Crippen LogP contribution in [0.1, 0.15) is 18.9 Å². The molecule has 13 heavy (non-hydrogen) atoms. The van der Waals surface area contributed by atoms with Crippen LogP contribution >= 0.6 is 0 Å². The zero-order chi connectivity index (χ0) is 9.31. The molecule has 0 bridgehead atoms. The Hall–Kier alpha value is -0.860. The van der Waals surface area contributed by atoms with E-state index in [2.05, 4.69) is 31.2 Å². The van der Waals surface area contributed by atoms with E-state index >= 15 is 0 Å². The predicted octanol–water partition coefficient (Wildman–Crippen LogP) is 2.17. The molecular weight excluding hydrogens is 162 g/mol. The maximum atomic E-state index is 5.46. The van der Waals surface area contributed by atoms with Crippen molar-refractivity contribution in [3.05, 3.63) is 35.9 Å². The van der Waals surface area contributed by atoms with Crippen LogP contribution in [0.25, 0.3) is 0 Å². The SMILES string of the molecule is CN1OCCC1(C)c1ccccc1. The van der Waals surface area contributed by atoms with Crippen molar-refractivity contribution < 1.29 is 4.84 Å². The third-order valence-corrected chi connectivity index (χ3v) is 2.96. The summed E-state index contributed by atoms with van der Waals surface area (Å²) < 4.78 is 0. The van der Waals surface area contributed by atoms with Crippen molar-refractivity contribution in [2.45, 2.75) is 18.9 Å². The molecule has 1 aliphatic rings. The van der Waals surface area contributed by atoms with Crippen LogP contribution in [0.2, 0.25) is 0 Å². The highest BCUT2D eigenvalue weighted by Crippen LogP contribution is 2.35. The van der Waals surface area contributed by atoms with Crippen LogP contribution < -0.4 is 0 Å². The normalized spacial score (nSPS) is 29.4. The van der Waals surface area contributed by atoms with Gasteiger partial charge in [-0.2, -0.15) is 5.06 Å². The molecule has 2 rings (SSSR count). The predicted molar refractivity (Wildman–Crippen MR) is 52.1 cm³/mol. The van der Waals surface area contributed by atoms with Crippen molar-refractivity contribution in [3.63, 3.8) is 0 Å². The second-order valence-corrected chi connectivity index (χ2v) is 3.72. The van der Waals surface area contributed by atoms with E-state index < -0.39 is 0 Å². The van der Waals surface area contributed by atoms with E-state index in [1.165, 1.54) is 5.56 Å². The van der Waals surface area contributed by atoms with Crippen LogP contribution in [0.5, 0.6) is 0 Å². The van der Waals surface area contributed by atoms with Gasteiger partial charge in [0.2, 0.25) is 0 Å². The van der Waals surface area contributed by atoms with Crippen LogP contribution in [0, 0.1) is 0 Å². The molecule has 0 saturated carbocycles. The number of rotatable bonds is 1. The van der Waals surface area contributed by atoms with E-state index in [1.54, 1.807) is 0 Å². The van der Waals surface area contributed by atoms with Gasteiger partial charge >= 0.3 is 0 Å². The Morgan fingerprint density at radius 1 is 1.31 bits per heavy atom. The molecule has 1 heterocycles. The van der Waals surface area contributed by atoms with Crippen molar-refractivity contribution in [2.75, 3.05) is 13.7 Å². The molecule has 1 fully saturated rings. The lowest BCUT2D eigenvalue weighted by Crippen LogP contribution is -2.34. The summed E-state index contributed by atoms with van der Waals surface area (Å²) in [6.07, 6.45) is 1.06. The average molecular weight is 177 g/mol. The molecule has 1 aromatic rings. The zero-order valence-electron chi connectivity index (χ0n) is 8.16. The van der Waals surface area contributed by atoms with Gasteiger partial charge in [0.15, 0.2) is 0 Å². The number of hydroxylamine groups is 2. The Morgan fingerprint density at radius 3 is 2.54 bits per heavy atom. The summed E-state index contributed by atoms with van der Waals surface area (Å²) in [6, 6.07) is 10.5. The van der Waals surface area contributed by atoms with E-state index in [0.717, 1.165) is 13.0 Å². The minimum Gasteiger partial charge on any atom is -0.298 e. The van der Waals surface area contributed by atoms with Gasteiger partial charge in [0.1, 0.15) is 0 Å². The summed E-state index contributed by atoms with van der Waals surface area (Å²) in [5.74, 6) is 0. The Kier molecular flexibility index (Phi) is 2.10. The molecule has 0 aromatic heterocycles. The lowest BCUT2D eigenvalue weighted by atomic mass is 9.90. The average Bonchev–Trinajstić information content (AvgIpc) is 2.50. The molecule has 2 heteroatoms. The minimum atomic E-state index is 0.0568. The van der Waals surface area contributed by atoms with Crippen LogP contribution in [-0.2, 0) is 10.4 Å². The quantitative estimate of drug-likeness (QED) is 0.652. The number of benzene rings is 1. The van der Waals surface area contributed by atoms with Gasteiger partial charge in [0, 0.05) is 7.05 Å². The van der Waals surface area contributed by atoms with Crippen LogP contribution in [0.4, 0.5) is 0 Å². The lowest BCUT2D eigenvalue weighted by molar-refractivity contribution is -0.140. The number of hydrogen-bond acceptors (Lipinski definition) is 2. The lowest BCUT2D eigenvalue weighted by Gasteiger charge is -2.30. The van der Waals surface area contributed by atoms with Gasteiger partial charge in [-0.1, -0.05) is 30.3 Å². The van der Waals surface area contributed by atoms with Crippen molar-refractivity contribution in [2.24, 2.45) is 0 Å². The molecule has 1 aliphatic heterocycles. The monoisotopic (exact) mass is 177 g/mol. The van der Waals surface area contributed by atoms with Crippen LogP contribution in [0.15, 0.2) is 30.3 Å². The standard InChI is InChI=1S/C11H15NO/c1-11(8-9-13-12(11)2)10-6-4-3-5-7-10/h3-7H,8-9H2,1-2H3. The first-order chi connectivity index (χ1) is 6.23. The summed E-state index contributed by atoms with van der Waals surface area (Å²) in [4.78, 5) is 5.46. The Morgan fingerprint density at radius 2 is 2.00 bits per heavy atom. The fourth-order valence-electron chi connectivity index (χ4n) is 1.80. The van der Waals surface area contributed by atoms with Gasteiger partial charge in [-0.05, 0) is 18.9 Å². The molecule has 0 aliphatic carbocycles. The molecule has 0 N–H and O–H groups in total. The first kappa shape index (κ1) is 8.73. The summed E-state index contributed by atoms with van der Waals surface area (Å²) >= 11 is 0. The topological polar surface area (TPSA) is 12.5 Å². The van der Waals surface area contributed by atoms with Gasteiger partial charge in [0.05, 0.1) is 12.1 Å². The van der Waals surface area contributed by atoms with Crippen molar-refractivity contribution in [1.82, 2.24) is 5.06 Å². The third kappa shape index (κ3) is 1.36. The van der Waals surface area contributed by atoms with Gasteiger partial charge < -0.3 is 0 Å². The molecule has 0 radical (unpaired) electrons. The van der Waals surface area contributed by atoms with Crippen molar-refractivity contribution >= 4 is 0 Å². The van der Waals surface area contributed by atoms with E-state index in [4.69, 9.17) is 4.84 Å². The van der Waals surface area contributed by atoms with E-state index in [-0.39, 0.29) is 5.54 Å². The molecule has 2 nitrogen and oxygen atoms in total. The smallest absolute Gasteiger partial charge is 0.0707 e. The molecule has 0 spiro atoms. The second-order valence-electron chi connectivity index (χ2n) is 3.72. The van der Waals surface area contributed by atoms with Crippen molar-refractivity contribution in [1.29, 1.82) is 0 Å². The third-order valence-electron chi connectivity index (χ3n) is 2.96. The molecule has 1 unspecified atom stereocenters. The highest BCUT2D eigenvalue weighted by Gasteiger charge is 2.36. The van der Waals surface area contributed by atoms with Crippen LogP contribution in [-0.4, -0.2) is 18.7 Å². The van der Waals surface area contributed by atoms with Gasteiger partial charge in [-0.25, -0.2) is 0 Å². The summed E-state index contributed by atoms with van der Waals surface area (Å²) in [7, 11) is 2.00.